The third kappa shape index (κ3) is 6.66. The van der Waals surface area contributed by atoms with Gasteiger partial charge in [-0.3, -0.25) is 0 Å². The summed E-state index contributed by atoms with van der Waals surface area (Å²) in [7, 11) is 0. The second-order valence-corrected chi connectivity index (χ2v) is 13.3. The molecule has 4 aliphatic heterocycles. The molecule has 4 heterocycles. The summed E-state index contributed by atoms with van der Waals surface area (Å²) in [6.07, 6.45) is -8.45. The van der Waals surface area contributed by atoms with Gasteiger partial charge in [0.25, 0.3) is 0 Å². The van der Waals surface area contributed by atoms with Gasteiger partial charge in [0.05, 0.1) is 48.8 Å². The molecule has 11 heteroatoms. The fraction of sp³-hybridized carbons (Fsp3) is 1.00. The van der Waals surface area contributed by atoms with Crippen LogP contribution in [-0.2, 0) is 33.2 Å². The summed E-state index contributed by atoms with van der Waals surface area (Å²) in [5, 5.41) is 42.1. The number of hydrogen-bond donors (Lipinski definition) is 4. The van der Waals surface area contributed by atoms with E-state index in [1.165, 1.54) is 0 Å². The molecule has 11 nitrogen and oxygen atoms in total. The van der Waals surface area contributed by atoms with Crippen molar-refractivity contribution in [3.63, 3.8) is 0 Å². The molecule has 13 unspecified atom stereocenters. The Labute approximate surface area is 244 Å². The van der Waals surface area contributed by atoms with Gasteiger partial charge < -0.3 is 53.6 Å². The van der Waals surface area contributed by atoms with E-state index in [0.717, 1.165) is 0 Å². The Morgan fingerprint density at radius 1 is 0.366 bits per heavy atom. The molecule has 0 aromatic rings. The van der Waals surface area contributed by atoms with E-state index >= 15 is 0 Å². The van der Waals surface area contributed by atoms with E-state index in [1.54, 1.807) is 13.8 Å². The van der Waals surface area contributed by atoms with Gasteiger partial charge in [0.15, 0.2) is 25.2 Å². The smallest absolute Gasteiger partial charge is 0.163 e. The molecule has 0 bridgehead atoms. The average Bonchev–Trinajstić information content (AvgIpc) is 2.92. The van der Waals surface area contributed by atoms with E-state index in [1.807, 2.05) is 48.5 Å². The highest BCUT2D eigenvalue weighted by Gasteiger charge is 2.50. The van der Waals surface area contributed by atoms with Crippen molar-refractivity contribution in [3.8, 4) is 0 Å². The molecular formula is C30H54O11. The van der Waals surface area contributed by atoms with Crippen molar-refractivity contribution in [2.24, 2.45) is 35.5 Å². The van der Waals surface area contributed by atoms with Gasteiger partial charge in [-0.1, -0.05) is 41.5 Å². The Balaban J connectivity index is 1.37. The maximum absolute atomic E-state index is 11.4. The summed E-state index contributed by atoms with van der Waals surface area (Å²) >= 11 is 0. The van der Waals surface area contributed by atoms with Gasteiger partial charge in [-0.2, -0.15) is 0 Å². The van der Waals surface area contributed by atoms with Gasteiger partial charge in [0, 0.05) is 23.7 Å². The number of rotatable bonds is 6. The predicted octanol–water partition coefficient (Wildman–Crippen LogP) is 2.01. The van der Waals surface area contributed by atoms with E-state index in [4.69, 9.17) is 33.2 Å². The predicted molar refractivity (Wildman–Crippen MR) is 147 cm³/mol. The minimum atomic E-state index is -0.961. The van der Waals surface area contributed by atoms with Crippen LogP contribution in [0, 0.1) is 35.5 Å². The lowest BCUT2D eigenvalue weighted by atomic mass is 9.84. The van der Waals surface area contributed by atoms with Crippen LogP contribution in [-0.4, -0.2) is 107 Å². The second-order valence-electron chi connectivity index (χ2n) is 13.3. The Kier molecular flexibility index (Phi) is 10.8. The van der Waals surface area contributed by atoms with Crippen LogP contribution in [0.15, 0.2) is 0 Å². The summed E-state index contributed by atoms with van der Waals surface area (Å²) in [6.45, 7) is 19.1. The molecule has 4 aliphatic rings. The molecule has 41 heavy (non-hydrogen) atoms. The molecular weight excluding hydrogens is 536 g/mol. The second kappa shape index (κ2) is 13.3. The van der Waals surface area contributed by atoms with E-state index < -0.39 is 67.7 Å². The lowest BCUT2D eigenvalue weighted by Gasteiger charge is -2.50. The number of aliphatic hydroxyl groups is 4. The van der Waals surface area contributed by atoms with Crippen molar-refractivity contribution < 1.29 is 53.6 Å². The topological polar surface area (TPSA) is 146 Å². The molecule has 240 valence electrons. The van der Waals surface area contributed by atoms with Crippen molar-refractivity contribution in [1.29, 1.82) is 0 Å². The summed E-state index contributed by atoms with van der Waals surface area (Å²) < 4.78 is 43.3. The Morgan fingerprint density at radius 2 is 0.756 bits per heavy atom. The number of hydrogen-bond acceptors (Lipinski definition) is 11. The van der Waals surface area contributed by atoms with Gasteiger partial charge in [-0.25, -0.2) is 0 Å². The molecule has 4 fully saturated rings. The number of aliphatic hydroxyl groups excluding tert-OH is 4. The zero-order valence-electron chi connectivity index (χ0n) is 26.2. The maximum Gasteiger partial charge on any atom is 0.163 e. The zero-order chi connectivity index (χ0) is 30.5. The normalized spacial score (nSPS) is 56.9. The molecule has 0 aromatic carbocycles. The number of ether oxygens (including phenoxy) is 7. The molecule has 0 aliphatic carbocycles. The fourth-order valence-corrected chi connectivity index (χ4v) is 6.70. The molecule has 0 saturated carbocycles. The lowest BCUT2D eigenvalue weighted by molar-refractivity contribution is -0.361. The van der Waals surface area contributed by atoms with Crippen molar-refractivity contribution in [1.82, 2.24) is 0 Å². The highest BCUT2D eigenvalue weighted by Crippen LogP contribution is 2.40. The summed E-state index contributed by atoms with van der Waals surface area (Å²) in [5.74, 6) is -0.911. The molecule has 4 saturated heterocycles. The van der Waals surface area contributed by atoms with Crippen LogP contribution in [0.5, 0.6) is 0 Å². The van der Waals surface area contributed by atoms with Gasteiger partial charge in [0.2, 0.25) is 0 Å². The third-order valence-electron chi connectivity index (χ3n) is 10.3. The first-order chi connectivity index (χ1) is 19.1. The van der Waals surface area contributed by atoms with Gasteiger partial charge in [-0.15, -0.1) is 0 Å². The van der Waals surface area contributed by atoms with Crippen LogP contribution < -0.4 is 0 Å². The van der Waals surface area contributed by atoms with Crippen LogP contribution in [0.1, 0.15) is 69.2 Å². The lowest BCUT2D eigenvalue weighted by Crippen LogP contribution is -2.60. The zero-order valence-corrected chi connectivity index (χ0v) is 26.2. The Bertz CT molecular complexity index is 847. The first-order valence-electron chi connectivity index (χ1n) is 15.4. The third-order valence-corrected chi connectivity index (χ3v) is 10.3. The van der Waals surface area contributed by atoms with Crippen LogP contribution in [0.25, 0.3) is 0 Å². The molecule has 4 N–H and O–H groups in total. The fourth-order valence-electron chi connectivity index (χ4n) is 6.70. The monoisotopic (exact) mass is 590 g/mol. The van der Waals surface area contributed by atoms with Crippen LogP contribution in [0.3, 0.4) is 0 Å². The van der Waals surface area contributed by atoms with Crippen molar-refractivity contribution in [2.45, 2.75) is 155 Å². The van der Waals surface area contributed by atoms with Crippen LogP contribution >= 0.6 is 0 Å². The molecule has 0 spiro atoms. The summed E-state index contributed by atoms with van der Waals surface area (Å²) in [5.41, 5.74) is 0. The van der Waals surface area contributed by atoms with Crippen molar-refractivity contribution in [2.75, 3.05) is 0 Å². The molecule has 0 radical (unpaired) electrons. The SMILES string of the molecule is CC1OC(O[C@H]2C(C)OC(O)C(C)[C@@H]2C)C(C)[C@H](O)C1OC1OC(C)[C@H](OC2OC(C)[C@@H](O)[C@@H](O)C2C)[C@@H](C)C1C. The van der Waals surface area contributed by atoms with Crippen LogP contribution in [0.2, 0.25) is 0 Å². The highest BCUT2D eigenvalue weighted by molar-refractivity contribution is 4.93. The molecule has 0 amide bonds. The largest absolute Gasteiger partial charge is 0.390 e. The average molecular weight is 591 g/mol. The molecule has 0 aromatic heterocycles. The standard InChI is InChI=1S/C30H54O11/c1-11-13(3)27(34)35-18(8)24(11)39-30-16(6)22(32)26(20(10)38-30)41-28-14(4)12(2)25(19(9)37-28)40-29-15(5)21(31)23(33)17(7)36-29/h11-34H,1-10H3/t11-,12-,13?,14?,15?,16?,17?,18?,19?,20?,21-,22-,23+,24+,25+,26?,27?,28?,29?,30?/m0/s1. The van der Waals surface area contributed by atoms with Crippen molar-refractivity contribution in [3.05, 3.63) is 0 Å². The molecule has 4 rings (SSSR count). The van der Waals surface area contributed by atoms with Gasteiger partial charge in [0.1, 0.15) is 12.2 Å². The van der Waals surface area contributed by atoms with E-state index in [-0.39, 0.29) is 54.0 Å². The summed E-state index contributed by atoms with van der Waals surface area (Å²) in [4.78, 5) is 0. The Morgan fingerprint density at radius 3 is 1.32 bits per heavy atom. The minimum Gasteiger partial charge on any atom is -0.390 e. The Hall–Kier alpha value is -0.440. The van der Waals surface area contributed by atoms with E-state index in [0.29, 0.717) is 0 Å². The summed E-state index contributed by atoms with van der Waals surface area (Å²) in [6, 6.07) is 0. The van der Waals surface area contributed by atoms with E-state index in [2.05, 4.69) is 6.92 Å². The molecule has 20 atom stereocenters. The van der Waals surface area contributed by atoms with E-state index in [9.17, 15) is 20.4 Å². The minimum absolute atomic E-state index is 0.0101. The first kappa shape index (κ1) is 33.5. The highest BCUT2D eigenvalue weighted by atomic mass is 16.7. The first-order valence-corrected chi connectivity index (χ1v) is 15.4. The van der Waals surface area contributed by atoms with Gasteiger partial charge in [-0.05, 0) is 39.5 Å². The maximum atomic E-state index is 11.4. The van der Waals surface area contributed by atoms with Crippen molar-refractivity contribution >= 4 is 0 Å². The van der Waals surface area contributed by atoms with Crippen LogP contribution in [0.4, 0.5) is 0 Å². The quantitative estimate of drug-likeness (QED) is 0.360. The van der Waals surface area contributed by atoms with Gasteiger partial charge >= 0.3 is 0 Å².